The Hall–Kier alpha value is -0.380. The van der Waals surface area contributed by atoms with Gasteiger partial charge in [0.25, 0.3) is 0 Å². The summed E-state index contributed by atoms with van der Waals surface area (Å²) in [6.45, 7) is 3.77. The predicted octanol–water partition coefficient (Wildman–Crippen LogP) is 3.57. The topological polar surface area (TPSA) is 29.3 Å². The monoisotopic (exact) mass is 322 g/mol. The van der Waals surface area contributed by atoms with E-state index in [1.165, 1.54) is 37.9 Å². The number of nitrogens with zero attached hydrogens (tertiary/aromatic N) is 1. The molecule has 0 radical (unpaired) electrons. The standard InChI is InChI=1S/C16H23BrN2/c17-15-7-2-1-6-14(15)16(18)8-9-19-10-12-4-3-5-13(12)11-19/h1-2,6-7,12-13,16H,3-5,8-11,18H2. The summed E-state index contributed by atoms with van der Waals surface area (Å²) in [5, 5.41) is 0. The van der Waals surface area contributed by atoms with E-state index in [9.17, 15) is 0 Å². The lowest BCUT2D eigenvalue weighted by Crippen LogP contribution is -2.26. The minimum atomic E-state index is 0.149. The van der Waals surface area contributed by atoms with Gasteiger partial charge in [0.2, 0.25) is 0 Å². The zero-order valence-corrected chi connectivity index (χ0v) is 13.0. The van der Waals surface area contributed by atoms with Crippen LogP contribution in [0.1, 0.15) is 37.3 Å². The summed E-state index contributed by atoms with van der Waals surface area (Å²) >= 11 is 3.60. The van der Waals surface area contributed by atoms with Crippen LogP contribution in [0.15, 0.2) is 28.7 Å². The lowest BCUT2D eigenvalue weighted by Gasteiger charge is -2.20. The second-order valence-corrected chi connectivity index (χ2v) is 6.98. The number of hydrogen-bond donors (Lipinski definition) is 1. The second-order valence-electron chi connectivity index (χ2n) is 6.13. The van der Waals surface area contributed by atoms with Gasteiger partial charge in [-0.05, 0) is 49.3 Å². The van der Waals surface area contributed by atoms with Gasteiger partial charge in [-0.2, -0.15) is 0 Å². The van der Waals surface area contributed by atoms with Crippen molar-refractivity contribution in [1.29, 1.82) is 0 Å². The van der Waals surface area contributed by atoms with Crippen LogP contribution in [-0.4, -0.2) is 24.5 Å². The van der Waals surface area contributed by atoms with Crippen LogP contribution < -0.4 is 5.73 Å². The third-order valence-electron chi connectivity index (χ3n) is 4.86. The minimum absolute atomic E-state index is 0.149. The molecule has 19 heavy (non-hydrogen) atoms. The molecular weight excluding hydrogens is 300 g/mol. The number of halogens is 1. The summed E-state index contributed by atoms with van der Waals surface area (Å²) < 4.78 is 1.14. The molecule has 3 unspecified atom stereocenters. The summed E-state index contributed by atoms with van der Waals surface area (Å²) in [7, 11) is 0. The summed E-state index contributed by atoms with van der Waals surface area (Å²) in [4.78, 5) is 2.63. The first-order valence-electron chi connectivity index (χ1n) is 7.46. The molecule has 1 aliphatic carbocycles. The highest BCUT2D eigenvalue weighted by Gasteiger charge is 2.35. The van der Waals surface area contributed by atoms with E-state index in [0.29, 0.717) is 0 Å². The first-order chi connectivity index (χ1) is 9.24. The maximum atomic E-state index is 6.33. The molecule has 0 spiro atoms. The Bertz CT molecular complexity index is 423. The van der Waals surface area contributed by atoms with Crippen LogP contribution in [0.25, 0.3) is 0 Å². The Morgan fingerprint density at radius 1 is 1.21 bits per heavy atom. The van der Waals surface area contributed by atoms with E-state index in [0.717, 1.165) is 29.3 Å². The maximum Gasteiger partial charge on any atom is 0.0318 e. The fourth-order valence-corrected chi connectivity index (χ4v) is 4.35. The molecule has 2 aliphatic rings. The van der Waals surface area contributed by atoms with Crippen LogP contribution in [0, 0.1) is 11.8 Å². The van der Waals surface area contributed by atoms with Crippen molar-refractivity contribution in [1.82, 2.24) is 4.90 Å². The molecule has 1 heterocycles. The normalized spacial score (nSPS) is 28.5. The summed E-state index contributed by atoms with van der Waals surface area (Å²) in [6.07, 6.45) is 5.43. The van der Waals surface area contributed by atoms with Crippen molar-refractivity contribution in [3.05, 3.63) is 34.3 Å². The highest BCUT2D eigenvalue weighted by molar-refractivity contribution is 9.10. The quantitative estimate of drug-likeness (QED) is 0.918. The SMILES string of the molecule is NC(CCN1CC2CCCC2C1)c1ccccc1Br. The number of likely N-dealkylation sites (tertiary alicyclic amines) is 1. The van der Waals surface area contributed by atoms with E-state index < -0.39 is 0 Å². The highest BCUT2D eigenvalue weighted by atomic mass is 79.9. The van der Waals surface area contributed by atoms with Gasteiger partial charge in [0.1, 0.15) is 0 Å². The van der Waals surface area contributed by atoms with Crippen molar-refractivity contribution in [3.63, 3.8) is 0 Å². The fourth-order valence-electron chi connectivity index (χ4n) is 3.77. The molecule has 1 saturated carbocycles. The van der Waals surface area contributed by atoms with Gasteiger partial charge in [0.05, 0.1) is 0 Å². The van der Waals surface area contributed by atoms with E-state index in [4.69, 9.17) is 5.73 Å². The fraction of sp³-hybridized carbons (Fsp3) is 0.625. The highest BCUT2D eigenvalue weighted by Crippen LogP contribution is 2.37. The average Bonchev–Trinajstić information content (AvgIpc) is 2.97. The van der Waals surface area contributed by atoms with Crippen molar-refractivity contribution in [2.24, 2.45) is 17.6 Å². The summed E-state index contributed by atoms with van der Waals surface area (Å²) in [6, 6.07) is 8.47. The molecule has 2 fully saturated rings. The zero-order valence-electron chi connectivity index (χ0n) is 11.4. The Kier molecular flexibility index (Phi) is 4.25. The molecule has 1 aromatic carbocycles. The average molecular weight is 323 g/mol. The number of hydrogen-bond acceptors (Lipinski definition) is 2. The molecular formula is C16H23BrN2. The van der Waals surface area contributed by atoms with Crippen molar-refractivity contribution < 1.29 is 0 Å². The van der Waals surface area contributed by atoms with Crippen molar-refractivity contribution in [3.8, 4) is 0 Å². The van der Waals surface area contributed by atoms with E-state index in [1.807, 2.05) is 6.07 Å². The van der Waals surface area contributed by atoms with Gasteiger partial charge in [-0.3, -0.25) is 0 Å². The van der Waals surface area contributed by atoms with Gasteiger partial charge < -0.3 is 10.6 Å². The van der Waals surface area contributed by atoms with Gasteiger partial charge in [0.15, 0.2) is 0 Å². The lowest BCUT2D eigenvalue weighted by molar-refractivity contribution is 0.297. The molecule has 2 N–H and O–H groups in total. The Morgan fingerprint density at radius 3 is 2.58 bits per heavy atom. The number of benzene rings is 1. The van der Waals surface area contributed by atoms with Gasteiger partial charge in [0, 0.05) is 23.6 Å². The smallest absolute Gasteiger partial charge is 0.0318 e. The zero-order chi connectivity index (χ0) is 13.2. The minimum Gasteiger partial charge on any atom is -0.324 e. The number of fused-ring (bicyclic) bond motifs is 1. The van der Waals surface area contributed by atoms with Crippen LogP contribution in [0.5, 0.6) is 0 Å². The van der Waals surface area contributed by atoms with Gasteiger partial charge in [-0.25, -0.2) is 0 Å². The predicted molar refractivity (Wildman–Crippen MR) is 83.0 cm³/mol. The first kappa shape index (κ1) is 13.6. The van der Waals surface area contributed by atoms with Gasteiger partial charge >= 0.3 is 0 Å². The van der Waals surface area contributed by atoms with Crippen molar-refractivity contribution >= 4 is 15.9 Å². The van der Waals surface area contributed by atoms with E-state index >= 15 is 0 Å². The number of rotatable bonds is 4. The van der Waals surface area contributed by atoms with Crippen molar-refractivity contribution in [2.75, 3.05) is 19.6 Å². The maximum absolute atomic E-state index is 6.33. The molecule has 1 aromatic rings. The summed E-state index contributed by atoms with van der Waals surface area (Å²) in [5.74, 6) is 1.97. The van der Waals surface area contributed by atoms with Crippen LogP contribution >= 0.6 is 15.9 Å². The molecule has 2 nitrogen and oxygen atoms in total. The molecule has 1 saturated heterocycles. The Balaban J connectivity index is 1.51. The van der Waals surface area contributed by atoms with Crippen LogP contribution in [0.2, 0.25) is 0 Å². The molecule has 3 heteroatoms. The Labute approximate surface area is 124 Å². The van der Waals surface area contributed by atoms with E-state index in [-0.39, 0.29) is 6.04 Å². The van der Waals surface area contributed by atoms with Crippen molar-refractivity contribution in [2.45, 2.75) is 31.7 Å². The van der Waals surface area contributed by atoms with Crippen LogP contribution in [0.3, 0.4) is 0 Å². The van der Waals surface area contributed by atoms with E-state index in [1.54, 1.807) is 0 Å². The molecule has 0 bridgehead atoms. The van der Waals surface area contributed by atoms with Crippen LogP contribution in [0.4, 0.5) is 0 Å². The third-order valence-corrected chi connectivity index (χ3v) is 5.59. The Morgan fingerprint density at radius 2 is 1.89 bits per heavy atom. The second kappa shape index (κ2) is 5.94. The van der Waals surface area contributed by atoms with E-state index in [2.05, 4.69) is 39.0 Å². The van der Waals surface area contributed by atoms with Gasteiger partial charge in [-0.1, -0.05) is 40.5 Å². The third kappa shape index (κ3) is 3.04. The molecule has 104 valence electrons. The van der Waals surface area contributed by atoms with Crippen LogP contribution in [-0.2, 0) is 0 Å². The first-order valence-corrected chi connectivity index (χ1v) is 8.25. The molecule has 0 amide bonds. The molecule has 1 aliphatic heterocycles. The molecule has 3 rings (SSSR count). The number of nitrogens with two attached hydrogens (primary N) is 1. The largest absolute Gasteiger partial charge is 0.324 e. The summed E-state index contributed by atoms with van der Waals surface area (Å²) in [5.41, 5.74) is 7.57. The molecule has 3 atom stereocenters. The molecule has 0 aromatic heterocycles. The van der Waals surface area contributed by atoms with Gasteiger partial charge in [-0.15, -0.1) is 0 Å². The lowest BCUT2D eigenvalue weighted by atomic mass is 10.0.